The summed E-state index contributed by atoms with van der Waals surface area (Å²) in [6.07, 6.45) is 0. The van der Waals surface area contributed by atoms with Crippen molar-refractivity contribution in [1.82, 2.24) is 19.6 Å². The molecular weight excluding hydrogens is 367 g/mol. The summed E-state index contributed by atoms with van der Waals surface area (Å²) >= 11 is 1.04. The van der Waals surface area contributed by atoms with E-state index < -0.39 is 34.3 Å². The molecule has 10 heteroatoms. The standard InChI is InChI=1S/C16H14F3N5OS/c1-7-6-8(2)24-15(20-7)22-16(23-24)26-9(3)14(25)21-11-5-4-10(17)12(18)13(11)19/h4-6,9H,1-3H3,(H,21,25)/t9-/m1/s1. The number of nitrogens with zero attached hydrogens (tertiary/aromatic N) is 4. The Bertz CT molecular complexity index is 1010. The van der Waals surface area contributed by atoms with E-state index in [0.717, 1.165) is 35.3 Å². The lowest BCUT2D eigenvalue weighted by Gasteiger charge is -2.11. The number of hydrogen-bond acceptors (Lipinski definition) is 5. The van der Waals surface area contributed by atoms with Crippen molar-refractivity contribution in [3.05, 3.63) is 47.0 Å². The van der Waals surface area contributed by atoms with Crippen LogP contribution in [0, 0.1) is 31.3 Å². The van der Waals surface area contributed by atoms with Gasteiger partial charge in [-0.2, -0.15) is 4.98 Å². The molecule has 0 aliphatic heterocycles. The number of halogens is 3. The van der Waals surface area contributed by atoms with Crippen molar-refractivity contribution in [3.63, 3.8) is 0 Å². The maximum absolute atomic E-state index is 13.7. The van der Waals surface area contributed by atoms with Gasteiger partial charge in [0.05, 0.1) is 10.9 Å². The number of hydrogen-bond donors (Lipinski definition) is 1. The van der Waals surface area contributed by atoms with Gasteiger partial charge in [0, 0.05) is 11.4 Å². The molecule has 2 heterocycles. The predicted octanol–water partition coefficient (Wildman–Crippen LogP) is 3.28. The minimum Gasteiger partial charge on any atom is -0.323 e. The zero-order valence-corrected chi connectivity index (χ0v) is 14.9. The quantitative estimate of drug-likeness (QED) is 0.555. The molecule has 0 aliphatic carbocycles. The molecule has 0 unspecified atom stereocenters. The number of aromatic nitrogens is 4. The highest BCUT2D eigenvalue weighted by atomic mass is 32.2. The van der Waals surface area contributed by atoms with Crippen LogP contribution in [0.2, 0.25) is 0 Å². The van der Waals surface area contributed by atoms with Crippen LogP contribution in [-0.4, -0.2) is 30.7 Å². The molecule has 1 N–H and O–H groups in total. The second-order valence-corrected chi connectivity index (χ2v) is 6.93. The van der Waals surface area contributed by atoms with Crippen molar-refractivity contribution in [2.45, 2.75) is 31.2 Å². The first-order valence-electron chi connectivity index (χ1n) is 7.58. The minimum atomic E-state index is -1.64. The number of benzene rings is 1. The first kappa shape index (κ1) is 18.2. The van der Waals surface area contributed by atoms with Crippen molar-refractivity contribution in [2.75, 3.05) is 5.32 Å². The average Bonchev–Trinajstić information content (AvgIpc) is 2.97. The Morgan fingerprint density at radius 3 is 2.65 bits per heavy atom. The lowest BCUT2D eigenvalue weighted by Crippen LogP contribution is -2.23. The van der Waals surface area contributed by atoms with Gasteiger partial charge in [-0.3, -0.25) is 4.79 Å². The SMILES string of the molecule is Cc1cc(C)n2nc(S[C@H](C)C(=O)Nc3ccc(F)c(F)c3F)nc2n1. The van der Waals surface area contributed by atoms with Crippen molar-refractivity contribution < 1.29 is 18.0 Å². The Hall–Kier alpha value is -2.62. The Kier molecular flexibility index (Phi) is 4.86. The molecule has 0 aliphatic rings. The summed E-state index contributed by atoms with van der Waals surface area (Å²) in [7, 11) is 0. The van der Waals surface area contributed by atoms with E-state index >= 15 is 0 Å². The van der Waals surface area contributed by atoms with Crippen LogP contribution in [0.5, 0.6) is 0 Å². The molecule has 2 aromatic heterocycles. The summed E-state index contributed by atoms with van der Waals surface area (Å²) in [6.45, 7) is 5.25. The molecule has 1 atom stereocenters. The highest BCUT2D eigenvalue weighted by molar-refractivity contribution is 8.00. The lowest BCUT2D eigenvalue weighted by atomic mass is 10.2. The monoisotopic (exact) mass is 381 g/mol. The van der Waals surface area contributed by atoms with Gasteiger partial charge in [-0.1, -0.05) is 11.8 Å². The molecule has 136 valence electrons. The zero-order valence-electron chi connectivity index (χ0n) is 14.0. The van der Waals surface area contributed by atoms with E-state index in [1.165, 1.54) is 0 Å². The van der Waals surface area contributed by atoms with Gasteiger partial charge < -0.3 is 5.32 Å². The van der Waals surface area contributed by atoms with Gasteiger partial charge in [0.2, 0.25) is 11.1 Å². The largest absolute Gasteiger partial charge is 0.323 e. The number of anilines is 1. The van der Waals surface area contributed by atoms with E-state index in [2.05, 4.69) is 20.4 Å². The van der Waals surface area contributed by atoms with Crippen molar-refractivity contribution in [3.8, 4) is 0 Å². The molecule has 0 spiro atoms. The lowest BCUT2D eigenvalue weighted by molar-refractivity contribution is -0.115. The topological polar surface area (TPSA) is 72.2 Å². The van der Waals surface area contributed by atoms with Gasteiger partial charge in [-0.15, -0.1) is 5.10 Å². The molecule has 6 nitrogen and oxygen atoms in total. The molecule has 3 aromatic rings. The van der Waals surface area contributed by atoms with Crippen LogP contribution in [-0.2, 0) is 4.79 Å². The van der Waals surface area contributed by atoms with Crippen LogP contribution in [0.1, 0.15) is 18.3 Å². The third kappa shape index (κ3) is 3.50. The highest BCUT2D eigenvalue weighted by Gasteiger charge is 2.21. The molecular formula is C16H14F3N5OS. The van der Waals surface area contributed by atoms with Gasteiger partial charge in [-0.05, 0) is 39.0 Å². The number of carbonyl (C=O) groups excluding carboxylic acids is 1. The van der Waals surface area contributed by atoms with E-state index in [0.29, 0.717) is 10.9 Å². The van der Waals surface area contributed by atoms with E-state index in [1.807, 2.05) is 19.9 Å². The number of carbonyl (C=O) groups is 1. The summed E-state index contributed by atoms with van der Waals surface area (Å²) in [5, 5.41) is 6.11. The van der Waals surface area contributed by atoms with Crippen molar-refractivity contribution in [2.24, 2.45) is 0 Å². The Morgan fingerprint density at radius 2 is 1.92 bits per heavy atom. The van der Waals surface area contributed by atoms with Crippen LogP contribution in [0.4, 0.5) is 18.9 Å². The normalized spacial score (nSPS) is 12.4. The average molecular weight is 381 g/mol. The molecule has 3 rings (SSSR count). The Balaban J connectivity index is 1.75. The van der Waals surface area contributed by atoms with Crippen LogP contribution >= 0.6 is 11.8 Å². The second-order valence-electron chi connectivity index (χ2n) is 5.62. The first-order chi connectivity index (χ1) is 12.3. The van der Waals surface area contributed by atoms with E-state index in [1.54, 1.807) is 11.4 Å². The van der Waals surface area contributed by atoms with Crippen molar-refractivity contribution >= 4 is 29.1 Å². The molecule has 1 amide bonds. The number of thioether (sulfide) groups is 1. The van der Waals surface area contributed by atoms with Gasteiger partial charge >= 0.3 is 0 Å². The Labute approximate surface area is 150 Å². The summed E-state index contributed by atoms with van der Waals surface area (Å²) in [5.41, 5.74) is 1.20. The smallest absolute Gasteiger partial charge is 0.253 e. The van der Waals surface area contributed by atoms with Crippen LogP contribution in [0.15, 0.2) is 23.4 Å². The summed E-state index contributed by atoms with van der Waals surface area (Å²) in [4.78, 5) is 20.7. The fraction of sp³-hybridized carbons (Fsp3) is 0.250. The maximum atomic E-state index is 13.7. The van der Waals surface area contributed by atoms with Crippen LogP contribution in [0.3, 0.4) is 0 Å². The summed E-state index contributed by atoms with van der Waals surface area (Å²) < 4.78 is 41.4. The molecule has 0 saturated carbocycles. The summed E-state index contributed by atoms with van der Waals surface area (Å²) in [5.74, 6) is -4.60. The fourth-order valence-corrected chi connectivity index (χ4v) is 3.01. The van der Waals surface area contributed by atoms with E-state index in [-0.39, 0.29) is 0 Å². The molecule has 1 aromatic carbocycles. The molecule has 0 bridgehead atoms. The number of nitrogens with one attached hydrogen (secondary N) is 1. The summed E-state index contributed by atoms with van der Waals surface area (Å²) in [6, 6.07) is 3.55. The molecule has 26 heavy (non-hydrogen) atoms. The molecule has 0 radical (unpaired) electrons. The zero-order chi connectivity index (χ0) is 19.0. The first-order valence-corrected chi connectivity index (χ1v) is 8.46. The maximum Gasteiger partial charge on any atom is 0.253 e. The molecule has 0 saturated heterocycles. The van der Waals surface area contributed by atoms with Gasteiger partial charge in [-0.25, -0.2) is 22.7 Å². The predicted molar refractivity (Wildman–Crippen MR) is 90.5 cm³/mol. The fourth-order valence-electron chi connectivity index (χ4n) is 2.27. The van der Waals surface area contributed by atoms with Gasteiger partial charge in [0.1, 0.15) is 0 Å². The minimum absolute atomic E-state index is 0.319. The number of amides is 1. The Morgan fingerprint density at radius 1 is 1.19 bits per heavy atom. The third-order valence-corrected chi connectivity index (χ3v) is 4.49. The third-order valence-electron chi connectivity index (χ3n) is 3.54. The number of fused-ring (bicyclic) bond motifs is 1. The highest BCUT2D eigenvalue weighted by Crippen LogP contribution is 2.24. The number of rotatable bonds is 4. The molecule has 0 fully saturated rings. The van der Waals surface area contributed by atoms with Crippen LogP contribution < -0.4 is 5.32 Å². The van der Waals surface area contributed by atoms with Crippen LogP contribution in [0.25, 0.3) is 5.78 Å². The van der Waals surface area contributed by atoms with Crippen molar-refractivity contribution in [1.29, 1.82) is 0 Å². The second kappa shape index (κ2) is 6.94. The van der Waals surface area contributed by atoms with Gasteiger partial charge in [0.15, 0.2) is 17.5 Å². The van der Waals surface area contributed by atoms with E-state index in [9.17, 15) is 18.0 Å². The van der Waals surface area contributed by atoms with Gasteiger partial charge in [0.25, 0.3) is 5.78 Å². The van der Waals surface area contributed by atoms with E-state index in [4.69, 9.17) is 0 Å². The number of aryl methyl sites for hydroxylation is 2.